The summed E-state index contributed by atoms with van der Waals surface area (Å²) in [6.07, 6.45) is 0. The lowest BCUT2D eigenvalue weighted by atomic mass is 10.0. The third-order valence-corrected chi connectivity index (χ3v) is 4.53. The summed E-state index contributed by atoms with van der Waals surface area (Å²) in [5, 5.41) is 6.03. The highest BCUT2D eigenvalue weighted by molar-refractivity contribution is 7.12. The summed E-state index contributed by atoms with van der Waals surface area (Å²) in [5.74, 6) is 0.411. The number of fused-ring (bicyclic) bond motifs is 1. The molecule has 0 bridgehead atoms. The first-order chi connectivity index (χ1) is 10.1. The van der Waals surface area contributed by atoms with E-state index in [1.54, 1.807) is 0 Å². The number of aromatic amines is 1. The summed E-state index contributed by atoms with van der Waals surface area (Å²) < 4.78 is 0. The smallest absolute Gasteiger partial charge is 0.265 e. The lowest BCUT2D eigenvalue weighted by molar-refractivity contribution is 0.103. The Morgan fingerprint density at radius 3 is 2.76 bits per heavy atom. The molecule has 2 aromatic heterocycles. The minimum Gasteiger partial charge on any atom is -0.357 e. The summed E-state index contributed by atoms with van der Waals surface area (Å²) in [4.78, 5) is 16.3. The van der Waals surface area contributed by atoms with E-state index in [9.17, 15) is 4.79 Å². The lowest BCUT2D eigenvalue weighted by Crippen LogP contribution is -2.10. The summed E-state index contributed by atoms with van der Waals surface area (Å²) in [6, 6.07) is 10.1. The van der Waals surface area contributed by atoms with Gasteiger partial charge in [-0.2, -0.15) is 0 Å². The van der Waals surface area contributed by atoms with Gasteiger partial charge in [-0.3, -0.25) is 4.79 Å². The molecule has 3 nitrogen and oxygen atoms in total. The van der Waals surface area contributed by atoms with Crippen molar-refractivity contribution in [3.05, 3.63) is 51.8 Å². The monoisotopic (exact) mass is 298 g/mol. The SMILES string of the molecule is Cc1[nH]c2ccc(C(C)C)cc2c1NC(=O)c1cccs1. The zero-order valence-corrected chi connectivity index (χ0v) is 13.2. The van der Waals surface area contributed by atoms with E-state index < -0.39 is 0 Å². The van der Waals surface area contributed by atoms with Gasteiger partial charge in [0.1, 0.15) is 0 Å². The van der Waals surface area contributed by atoms with Crippen LogP contribution in [0, 0.1) is 6.92 Å². The molecular weight excluding hydrogens is 280 g/mol. The highest BCUT2D eigenvalue weighted by Gasteiger charge is 2.14. The predicted octanol–water partition coefficient (Wildman–Crippen LogP) is 4.91. The molecule has 0 unspecified atom stereocenters. The molecule has 0 spiro atoms. The number of carbonyl (C=O) groups is 1. The number of carbonyl (C=O) groups excluding carboxylic acids is 1. The van der Waals surface area contributed by atoms with Crippen molar-refractivity contribution in [3.8, 4) is 0 Å². The molecule has 0 saturated carbocycles. The van der Waals surface area contributed by atoms with E-state index in [1.807, 2.05) is 24.4 Å². The molecular formula is C17H18N2OS. The first-order valence-electron chi connectivity index (χ1n) is 7.03. The standard InChI is InChI=1S/C17H18N2OS/c1-10(2)12-6-7-14-13(9-12)16(11(3)18-14)19-17(20)15-5-4-8-21-15/h4-10,18H,1-3H3,(H,19,20). The molecule has 0 fully saturated rings. The first kappa shape index (κ1) is 13.9. The van der Waals surface area contributed by atoms with Crippen molar-refractivity contribution in [1.29, 1.82) is 0 Å². The molecule has 2 N–H and O–H groups in total. The summed E-state index contributed by atoms with van der Waals surface area (Å²) in [6.45, 7) is 6.33. The fourth-order valence-electron chi connectivity index (χ4n) is 2.45. The number of amides is 1. The Labute approximate surface area is 128 Å². The number of rotatable bonds is 3. The number of hydrogen-bond donors (Lipinski definition) is 2. The predicted molar refractivity (Wildman–Crippen MR) is 89.4 cm³/mol. The van der Waals surface area contributed by atoms with Crippen molar-refractivity contribution in [3.63, 3.8) is 0 Å². The van der Waals surface area contributed by atoms with E-state index in [2.05, 4.69) is 42.3 Å². The largest absolute Gasteiger partial charge is 0.357 e. The molecule has 108 valence electrons. The van der Waals surface area contributed by atoms with Crippen LogP contribution < -0.4 is 5.32 Å². The average molecular weight is 298 g/mol. The number of aryl methyl sites for hydroxylation is 1. The fourth-order valence-corrected chi connectivity index (χ4v) is 3.07. The summed E-state index contributed by atoms with van der Waals surface area (Å²) >= 11 is 1.45. The normalized spacial score (nSPS) is 11.2. The molecule has 0 radical (unpaired) electrons. The summed E-state index contributed by atoms with van der Waals surface area (Å²) in [5.41, 5.74) is 4.19. The van der Waals surface area contributed by atoms with Crippen molar-refractivity contribution in [1.82, 2.24) is 4.98 Å². The Balaban J connectivity index is 2.02. The highest BCUT2D eigenvalue weighted by atomic mass is 32.1. The third-order valence-electron chi connectivity index (χ3n) is 3.66. The molecule has 4 heteroatoms. The van der Waals surface area contributed by atoms with E-state index in [0.717, 1.165) is 27.2 Å². The van der Waals surface area contributed by atoms with Gasteiger partial charge in [-0.25, -0.2) is 0 Å². The van der Waals surface area contributed by atoms with Gasteiger partial charge in [-0.15, -0.1) is 11.3 Å². The lowest BCUT2D eigenvalue weighted by Gasteiger charge is -2.07. The van der Waals surface area contributed by atoms with Crippen LogP contribution in [0.15, 0.2) is 35.7 Å². The van der Waals surface area contributed by atoms with Crippen molar-refractivity contribution < 1.29 is 4.79 Å². The first-order valence-corrected chi connectivity index (χ1v) is 7.91. The van der Waals surface area contributed by atoms with Gasteiger partial charge in [-0.1, -0.05) is 26.0 Å². The van der Waals surface area contributed by atoms with Gasteiger partial charge in [0.25, 0.3) is 5.91 Å². The van der Waals surface area contributed by atoms with Crippen LogP contribution in [0.4, 0.5) is 5.69 Å². The van der Waals surface area contributed by atoms with Gasteiger partial charge in [0.15, 0.2) is 0 Å². The molecule has 3 aromatic rings. The van der Waals surface area contributed by atoms with Gasteiger partial charge in [0.2, 0.25) is 0 Å². The van der Waals surface area contributed by atoms with Crippen molar-refractivity contribution in [2.45, 2.75) is 26.7 Å². The van der Waals surface area contributed by atoms with Gasteiger partial charge < -0.3 is 10.3 Å². The van der Waals surface area contributed by atoms with Gasteiger partial charge in [-0.05, 0) is 42.0 Å². The Hall–Kier alpha value is -2.07. The molecule has 0 aliphatic heterocycles. The van der Waals surface area contributed by atoms with Crippen LogP contribution in [-0.4, -0.2) is 10.9 Å². The van der Waals surface area contributed by atoms with E-state index in [0.29, 0.717) is 5.92 Å². The minimum absolute atomic E-state index is 0.0519. The third kappa shape index (κ3) is 2.59. The Kier molecular flexibility index (Phi) is 3.55. The molecule has 0 atom stereocenters. The Morgan fingerprint density at radius 2 is 2.10 bits per heavy atom. The van der Waals surface area contributed by atoms with Crippen LogP contribution >= 0.6 is 11.3 Å². The molecule has 2 heterocycles. The van der Waals surface area contributed by atoms with Crippen LogP contribution in [0.25, 0.3) is 10.9 Å². The maximum Gasteiger partial charge on any atom is 0.265 e. The number of H-pyrrole nitrogens is 1. The van der Waals surface area contributed by atoms with Crippen LogP contribution in [0.5, 0.6) is 0 Å². The van der Waals surface area contributed by atoms with Crippen molar-refractivity contribution in [2.24, 2.45) is 0 Å². The molecule has 3 rings (SSSR count). The van der Waals surface area contributed by atoms with Crippen LogP contribution in [0.2, 0.25) is 0 Å². The quantitative estimate of drug-likeness (QED) is 0.708. The van der Waals surface area contributed by atoms with Crippen LogP contribution in [-0.2, 0) is 0 Å². The second-order valence-corrected chi connectivity index (χ2v) is 6.46. The molecule has 1 amide bonds. The summed E-state index contributed by atoms with van der Waals surface area (Å²) in [7, 11) is 0. The Morgan fingerprint density at radius 1 is 1.29 bits per heavy atom. The maximum absolute atomic E-state index is 12.3. The zero-order chi connectivity index (χ0) is 15.0. The maximum atomic E-state index is 12.3. The average Bonchev–Trinajstić information content (AvgIpc) is 3.07. The number of nitrogens with one attached hydrogen (secondary N) is 2. The second kappa shape index (κ2) is 5.37. The van der Waals surface area contributed by atoms with Gasteiger partial charge in [0, 0.05) is 16.6 Å². The van der Waals surface area contributed by atoms with E-state index >= 15 is 0 Å². The van der Waals surface area contributed by atoms with E-state index in [-0.39, 0.29) is 5.91 Å². The van der Waals surface area contributed by atoms with E-state index in [1.165, 1.54) is 16.9 Å². The molecule has 0 aliphatic carbocycles. The number of benzene rings is 1. The van der Waals surface area contributed by atoms with Crippen LogP contribution in [0.3, 0.4) is 0 Å². The molecule has 21 heavy (non-hydrogen) atoms. The Bertz CT molecular complexity index is 785. The topological polar surface area (TPSA) is 44.9 Å². The molecule has 0 saturated heterocycles. The van der Waals surface area contributed by atoms with Gasteiger partial charge in [0.05, 0.1) is 10.6 Å². The molecule has 0 aliphatic rings. The fraction of sp³-hybridized carbons (Fsp3) is 0.235. The second-order valence-electron chi connectivity index (χ2n) is 5.52. The van der Waals surface area contributed by atoms with Crippen LogP contribution in [0.1, 0.15) is 40.7 Å². The number of thiophene rings is 1. The number of hydrogen-bond acceptors (Lipinski definition) is 2. The minimum atomic E-state index is -0.0519. The number of aromatic nitrogens is 1. The highest BCUT2D eigenvalue weighted by Crippen LogP contribution is 2.30. The molecule has 1 aromatic carbocycles. The van der Waals surface area contributed by atoms with Gasteiger partial charge >= 0.3 is 0 Å². The van der Waals surface area contributed by atoms with E-state index in [4.69, 9.17) is 0 Å². The van der Waals surface area contributed by atoms with Crippen molar-refractivity contribution >= 4 is 33.8 Å². The number of anilines is 1. The van der Waals surface area contributed by atoms with Crippen molar-refractivity contribution in [2.75, 3.05) is 5.32 Å². The zero-order valence-electron chi connectivity index (χ0n) is 12.4.